The van der Waals surface area contributed by atoms with E-state index in [-0.39, 0.29) is 17.9 Å². The Bertz CT molecular complexity index is 605. The van der Waals surface area contributed by atoms with Gasteiger partial charge in [0, 0.05) is 6.42 Å². The van der Waals surface area contributed by atoms with E-state index in [0.29, 0.717) is 0 Å². The predicted octanol–water partition coefficient (Wildman–Crippen LogP) is 0.511. The lowest BCUT2D eigenvalue weighted by Crippen LogP contribution is -2.34. The van der Waals surface area contributed by atoms with Gasteiger partial charge in [-0.3, -0.25) is 8.37 Å². The Hall–Kier alpha value is -0.960. The molecule has 1 heterocycles. The van der Waals surface area contributed by atoms with E-state index in [2.05, 4.69) is 4.18 Å². The summed E-state index contributed by atoms with van der Waals surface area (Å²) in [6.07, 6.45) is -0.667. The zero-order chi connectivity index (χ0) is 13.2. The van der Waals surface area contributed by atoms with E-state index in [4.69, 9.17) is 4.18 Å². The Morgan fingerprint density at radius 1 is 1.22 bits per heavy atom. The number of hydrogen-bond donors (Lipinski definition) is 0. The molecule has 100 valence electrons. The molecule has 1 aliphatic heterocycles. The monoisotopic (exact) mass is 292 g/mol. The second kappa shape index (κ2) is 4.96. The average Bonchev–Trinajstić information content (AvgIpc) is 2.28. The highest BCUT2D eigenvalue weighted by Crippen LogP contribution is 2.19. The van der Waals surface area contributed by atoms with Crippen LogP contribution in [0.25, 0.3) is 0 Å². The molecule has 1 aliphatic rings. The first kappa shape index (κ1) is 13.5. The molecule has 0 aliphatic carbocycles. The van der Waals surface area contributed by atoms with Crippen LogP contribution in [0.3, 0.4) is 0 Å². The van der Waals surface area contributed by atoms with Gasteiger partial charge in [0.25, 0.3) is 20.2 Å². The van der Waals surface area contributed by atoms with Gasteiger partial charge in [-0.1, -0.05) is 18.2 Å². The van der Waals surface area contributed by atoms with Crippen molar-refractivity contribution in [1.82, 2.24) is 0 Å². The third kappa shape index (κ3) is 3.29. The maximum absolute atomic E-state index is 11.9. The van der Waals surface area contributed by atoms with Crippen LogP contribution >= 0.6 is 0 Å². The van der Waals surface area contributed by atoms with Crippen molar-refractivity contribution in [1.29, 1.82) is 0 Å². The van der Waals surface area contributed by atoms with Crippen molar-refractivity contribution in [2.45, 2.75) is 17.4 Å². The molecule has 1 unspecified atom stereocenters. The Morgan fingerprint density at radius 3 is 2.50 bits per heavy atom. The van der Waals surface area contributed by atoms with E-state index in [9.17, 15) is 16.8 Å². The van der Waals surface area contributed by atoms with Gasteiger partial charge in [-0.05, 0) is 12.1 Å². The SMILES string of the molecule is O=S1(=O)CC(OS(=O)(=O)c2ccccc2)CCO1. The van der Waals surface area contributed by atoms with E-state index in [1.54, 1.807) is 18.2 Å². The third-order valence-electron chi connectivity index (χ3n) is 2.39. The molecule has 1 fully saturated rings. The van der Waals surface area contributed by atoms with E-state index >= 15 is 0 Å². The van der Waals surface area contributed by atoms with Crippen molar-refractivity contribution in [3.63, 3.8) is 0 Å². The lowest BCUT2D eigenvalue weighted by atomic mass is 10.3. The molecule has 6 nitrogen and oxygen atoms in total. The van der Waals surface area contributed by atoms with Crippen molar-refractivity contribution in [2.24, 2.45) is 0 Å². The number of hydrogen-bond acceptors (Lipinski definition) is 6. The van der Waals surface area contributed by atoms with Crippen LogP contribution in [-0.2, 0) is 28.6 Å². The summed E-state index contributed by atoms with van der Waals surface area (Å²) in [6.45, 7) is -0.0582. The van der Waals surface area contributed by atoms with Gasteiger partial charge >= 0.3 is 0 Å². The topological polar surface area (TPSA) is 86.7 Å². The summed E-state index contributed by atoms with van der Waals surface area (Å²) in [4.78, 5) is 0.00823. The van der Waals surface area contributed by atoms with Gasteiger partial charge in [0.15, 0.2) is 0 Å². The van der Waals surface area contributed by atoms with Crippen LogP contribution in [-0.4, -0.2) is 35.3 Å². The first-order chi connectivity index (χ1) is 8.39. The molecule has 1 aromatic carbocycles. The Balaban J connectivity index is 2.14. The predicted molar refractivity (Wildman–Crippen MR) is 62.9 cm³/mol. The summed E-state index contributed by atoms with van der Waals surface area (Å²) in [7, 11) is -7.61. The standard InChI is InChI=1S/C10H12O6S2/c11-17(12)8-9(6-7-15-17)16-18(13,14)10-4-2-1-3-5-10/h1-5,9H,6-8H2. The fourth-order valence-electron chi connectivity index (χ4n) is 1.56. The van der Waals surface area contributed by atoms with Crippen molar-refractivity contribution < 1.29 is 25.2 Å². The molecule has 2 rings (SSSR count). The highest BCUT2D eigenvalue weighted by atomic mass is 32.2. The zero-order valence-corrected chi connectivity index (χ0v) is 11.0. The van der Waals surface area contributed by atoms with Gasteiger partial charge in [0.05, 0.1) is 17.6 Å². The normalized spacial score (nSPS) is 23.7. The van der Waals surface area contributed by atoms with Crippen LogP contribution in [0.5, 0.6) is 0 Å². The van der Waals surface area contributed by atoms with E-state index < -0.39 is 32.1 Å². The highest BCUT2D eigenvalue weighted by Gasteiger charge is 2.30. The molecule has 8 heteroatoms. The summed E-state index contributed by atoms with van der Waals surface area (Å²) in [5.41, 5.74) is 0. The van der Waals surface area contributed by atoms with E-state index in [0.717, 1.165) is 0 Å². The van der Waals surface area contributed by atoms with Gasteiger partial charge in [0.1, 0.15) is 5.75 Å². The van der Waals surface area contributed by atoms with Gasteiger partial charge in [0.2, 0.25) is 0 Å². The fraction of sp³-hybridized carbons (Fsp3) is 0.400. The molecular formula is C10H12O6S2. The second-order valence-corrected chi connectivity index (χ2v) is 7.08. The summed E-state index contributed by atoms with van der Waals surface area (Å²) in [5.74, 6) is -0.445. The molecule has 0 saturated carbocycles. The first-order valence-electron chi connectivity index (χ1n) is 5.24. The van der Waals surface area contributed by atoms with Crippen LogP contribution in [0, 0.1) is 0 Å². The summed E-state index contributed by atoms with van der Waals surface area (Å²) in [6, 6.07) is 7.60. The molecule has 1 aromatic rings. The summed E-state index contributed by atoms with van der Waals surface area (Å²) < 4.78 is 55.5. The zero-order valence-electron chi connectivity index (χ0n) is 9.35. The molecule has 0 aromatic heterocycles. The first-order valence-corrected chi connectivity index (χ1v) is 8.23. The largest absolute Gasteiger partial charge is 0.297 e. The molecule has 18 heavy (non-hydrogen) atoms. The van der Waals surface area contributed by atoms with Crippen LogP contribution < -0.4 is 0 Å². The average molecular weight is 292 g/mol. The minimum Gasteiger partial charge on any atom is -0.270 e. The quantitative estimate of drug-likeness (QED) is 0.754. The lowest BCUT2D eigenvalue weighted by molar-refractivity contribution is 0.162. The molecule has 0 radical (unpaired) electrons. The van der Waals surface area contributed by atoms with Gasteiger partial charge in [-0.15, -0.1) is 0 Å². The van der Waals surface area contributed by atoms with Gasteiger partial charge in [-0.2, -0.15) is 16.8 Å². The Morgan fingerprint density at radius 2 is 1.89 bits per heavy atom. The van der Waals surface area contributed by atoms with Crippen molar-refractivity contribution in [3.8, 4) is 0 Å². The maximum atomic E-state index is 11.9. The van der Waals surface area contributed by atoms with Crippen molar-refractivity contribution >= 4 is 20.2 Å². The molecule has 1 atom stereocenters. The number of benzene rings is 1. The number of rotatable bonds is 3. The fourth-order valence-corrected chi connectivity index (χ4v) is 3.91. The second-order valence-electron chi connectivity index (χ2n) is 3.82. The minimum atomic E-state index is -3.93. The molecule has 0 N–H and O–H groups in total. The molecule has 0 amide bonds. The molecular weight excluding hydrogens is 280 g/mol. The smallest absolute Gasteiger partial charge is 0.270 e. The summed E-state index contributed by atoms with van der Waals surface area (Å²) >= 11 is 0. The van der Waals surface area contributed by atoms with Gasteiger partial charge < -0.3 is 0 Å². The molecule has 0 spiro atoms. The Kier molecular flexibility index (Phi) is 3.71. The third-order valence-corrected chi connectivity index (χ3v) is 5.07. The highest BCUT2D eigenvalue weighted by molar-refractivity contribution is 7.87. The van der Waals surface area contributed by atoms with Gasteiger partial charge in [-0.25, -0.2) is 0 Å². The van der Waals surface area contributed by atoms with E-state index in [1.165, 1.54) is 12.1 Å². The minimum absolute atomic E-state index is 0.00823. The van der Waals surface area contributed by atoms with Crippen LogP contribution in [0.15, 0.2) is 35.2 Å². The molecule has 0 bridgehead atoms. The van der Waals surface area contributed by atoms with Crippen molar-refractivity contribution in [3.05, 3.63) is 30.3 Å². The van der Waals surface area contributed by atoms with Crippen LogP contribution in [0.1, 0.15) is 6.42 Å². The summed E-state index contributed by atoms with van der Waals surface area (Å²) in [5, 5.41) is 0. The van der Waals surface area contributed by atoms with Crippen molar-refractivity contribution in [2.75, 3.05) is 12.4 Å². The van der Waals surface area contributed by atoms with Crippen LogP contribution in [0.2, 0.25) is 0 Å². The van der Waals surface area contributed by atoms with E-state index in [1.807, 2.05) is 0 Å². The maximum Gasteiger partial charge on any atom is 0.297 e. The Labute approximate surface area is 106 Å². The molecule has 1 saturated heterocycles. The van der Waals surface area contributed by atoms with Crippen LogP contribution in [0.4, 0.5) is 0 Å². The lowest BCUT2D eigenvalue weighted by Gasteiger charge is -2.21.